The summed E-state index contributed by atoms with van der Waals surface area (Å²) in [5, 5.41) is 10.9. The lowest BCUT2D eigenvalue weighted by molar-refractivity contribution is 0.122. The van der Waals surface area contributed by atoms with E-state index in [4.69, 9.17) is 4.74 Å². The van der Waals surface area contributed by atoms with Gasteiger partial charge in [-0.05, 0) is 25.0 Å². The van der Waals surface area contributed by atoms with Crippen molar-refractivity contribution in [3.05, 3.63) is 41.1 Å². The van der Waals surface area contributed by atoms with Crippen LogP contribution in [0.15, 0.2) is 24.3 Å². The Morgan fingerprint density at radius 2 is 2.05 bits per heavy atom. The summed E-state index contributed by atoms with van der Waals surface area (Å²) in [7, 11) is 0. The molecule has 0 saturated carbocycles. The summed E-state index contributed by atoms with van der Waals surface area (Å²) >= 11 is 0. The first-order valence-corrected chi connectivity index (χ1v) is 7.98. The van der Waals surface area contributed by atoms with Gasteiger partial charge in [-0.25, -0.2) is 0 Å². The van der Waals surface area contributed by atoms with Crippen molar-refractivity contribution in [2.24, 2.45) is 0 Å². The molecule has 2 aromatic rings. The second kappa shape index (κ2) is 6.83. The van der Waals surface area contributed by atoms with Crippen LogP contribution in [-0.4, -0.2) is 36.5 Å². The second-order valence-corrected chi connectivity index (χ2v) is 5.61. The fraction of sp³-hybridized carbons (Fsp3) is 0.471. The summed E-state index contributed by atoms with van der Waals surface area (Å²) in [6, 6.07) is 8.57. The highest BCUT2D eigenvalue weighted by atomic mass is 16.5. The fourth-order valence-electron chi connectivity index (χ4n) is 2.90. The first kappa shape index (κ1) is 14.9. The third-order valence-electron chi connectivity index (χ3n) is 4.25. The number of hydrogen-bond donors (Lipinski definition) is 2. The number of ether oxygens (including phenoxy) is 1. The number of para-hydroxylation sites is 1. The van der Waals surface area contributed by atoms with Gasteiger partial charge in [-0.15, -0.1) is 0 Å². The molecule has 1 aromatic carbocycles. The van der Waals surface area contributed by atoms with E-state index in [1.807, 2.05) is 0 Å². The van der Waals surface area contributed by atoms with Crippen LogP contribution in [0.1, 0.15) is 23.7 Å². The van der Waals surface area contributed by atoms with Crippen LogP contribution in [0.5, 0.6) is 0 Å². The van der Waals surface area contributed by atoms with Gasteiger partial charge in [0.1, 0.15) is 0 Å². The number of H-pyrrole nitrogens is 1. The van der Waals surface area contributed by atoms with E-state index in [0.29, 0.717) is 0 Å². The lowest BCUT2D eigenvalue weighted by atomic mass is 10.1. The second-order valence-electron chi connectivity index (χ2n) is 5.61. The minimum absolute atomic E-state index is 0.780. The number of nitrogens with zero attached hydrogens (tertiary/aromatic N) is 2. The number of anilines is 2. The molecule has 0 bridgehead atoms. The molecular formula is C17H24N4O. The van der Waals surface area contributed by atoms with Gasteiger partial charge >= 0.3 is 0 Å². The van der Waals surface area contributed by atoms with Crippen LogP contribution in [0.4, 0.5) is 11.5 Å². The zero-order valence-corrected chi connectivity index (χ0v) is 13.4. The van der Waals surface area contributed by atoms with E-state index in [-0.39, 0.29) is 0 Å². The summed E-state index contributed by atoms with van der Waals surface area (Å²) in [6.45, 7) is 8.55. The van der Waals surface area contributed by atoms with E-state index in [1.54, 1.807) is 0 Å². The maximum absolute atomic E-state index is 5.45. The van der Waals surface area contributed by atoms with Crippen molar-refractivity contribution >= 4 is 11.5 Å². The van der Waals surface area contributed by atoms with Gasteiger partial charge in [-0.2, -0.15) is 5.10 Å². The zero-order valence-electron chi connectivity index (χ0n) is 13.4. The number of nitrogens with one attached hydrogen (secondary N) is 2. The highest BCUT2D eigenvalue weighted by Crippen LogP contribution is 2.23. The molecule has 5 nitrogen and oxygen atoms in total. The highest BCUT2D eigenvalue weighted by molar-refractivity contribution is 5.56. The first-order chi connectivity index (χ1) is 10.8. The molecule has 1 aliphatic heterocycles. The number of benzene rings is 1. The van der Waals surface area contributed by atoms with Gasteiger partial charge in [-0.1, -0.05) is 25.1 Å². The Kier molecular flexibility index (Phi) is 4.63. The predicted molar refractivity (Wildman–Crippen MR) is 89.5 cm³/mol. The Balaban J connectivity index is 1.73. The van der Waals surface area contributed by atoms with Gasteiger partial charge in [0.25, 0.3) is 0 Å². The Hall–Kier alpha value is -2.01. The predicted octanol–water partition coefficient (Wildman–Crippen LogP) is 2.73. The molecule has 0 aliphatic carbocycles. The van der Waals surface area contributed by atoms with Crippen molar-refractivity contribution in [2.75, 3.05) is 36.5 Å². The maximum atomic E-state index is 5.45. The Labute approximate surface area is 131 Å². The molecule has 1 fully saturated rings. The van der Waals surface area contributed by atoms with Crippen LogP contribution >= 0.6 is 0 Å². The van der Waals surface area contributed by atoms with Crippen LogP contribution in [0.3, 0.4) is 0 Å². The molecule has 1 aliphatic rings. The molecule has 0 amide bonds. The van der Waals surface area contributed by atoms with Crippen molar-refractivity contribution in [3.63, 3.8) is 0 Å². The molecule has 118 valence electrons. The quantitative estimate of drug-likeness (QED) is 0.891. The molecule has 0 unspecified atom stereocenters. The molecule has 22 heavy (non-hydrogen) atoms. The smallest absolute Gasteiger partial charge is 0.151 e. The minimum Gasteiger partial charge on any atom is -0.378 e. The van der Waals surface area contributed by atoms with Gasteiger partial charge < -0.3 is 15.0 Å². The van der Waals surface area contributed by atoms with E-state index in [1.165, 1.54) is 22.5 Å². The summed E-state index contributed by atoms with van der Waals surface area (Å²) < 4.78 is 5.45. The summed E-state index contributed by atoms with van der Waals surface area (Å²) in [5.41, 5.74) is 5.00. The monoisotopic (exact) mass is 300 g/mol. The Morgan fingerprint density at radius 3 is 2.77 bits per heavy atom. The molecule has 2 N–H and O–H groups in total. The molecule has 5 heteroatoms. The normalized spacial score (nSPS) is 15.1. The van der Waals surface area contributed by atoms with Crippen LogP contribution < -0.4 is 10.2 Å². The number of aryl methyl sites for hydroxylation is 1. The summed E-state index contributed by atoms with van der Waals surface area (Å²) in [5.74, 6) is 0.952. The van der Waals surface area contributed by atoms with Gasteiger partial charge in [-0.3, -0.25) is 5.10 Å². The van der Waals surface area contributed by atoms with Crippen LogP contribution in [0, 0.1) is 6.92 Å². The molecule has 2 heterocycles. The van der Waals surface area contributed by atoms with E-state index >= 15 is 0 Å². The summed E-state index contributed by atoms with van der Waals surface area (Å²) in [4.78, 5) is 2.40. The number of hydrogen-bond acceptors (Lipinski definition) is 4. The van der Waals surface area contributed by atoms with Gasteiger partial charge in [0, 0.05) is 36.6 Å². The third kappa shape index (κ3) is 3.09. The van der Waals surface area contributed by atoms with E-state index in [2.05, 4.69) is 58.5 Å². The van der Waals surface area contributed by atoms with Gasteiger partial charge in [0.15, 0.2) is 5.82 Å². The fourth-order valence-corrected chi connectivity index (χ4v) is 2.90. The van der Waals surface area contributed by atoms with Crippen molar-refractivity contribution in [3.8, 4) is 0 Å². The number of aromatic nitrogens is 2. The molecule has 1 aromatic heterocycles. The number of aromatic amines is 1. The maximum Gasteiger partial charge on any atom is 0.151 e. The van der Waals surface area contributed by atoms with E-state index in [9.17, 15) is 0 Å². The van der Waals surface area contributed by atoms with E-state index < -0.39 is 0 Å². The van der Waals surface area contributed by atoms with Crippen LogP contribution in [0.25, 0.3) is 0 Å². The average molecular weight is 300 g/mol. The Morgan fingerprint density at radius 1 is 1.27 bits per heavy atom. The lowest BCUT2D eigenvalue weighted by Gasteiger charge is -2.30. The molecule has 0 radical (unpaired) electrons. The van der Waals surface area contributed by atoms with Crippen molar-refractivity contribution in [2.45, 2.75) is 26.8 Å². The van der Waals surface area contributed by atoms with Crippen LogP contribution in [-0.2, 0) is 17.7 Å². The van der Waals surface area contributed by atoms with Crippen molar-refractivity contribution < 1.29 is 4.74 Å². The topological polar surface area (TPSA) is 53.2 Å². The number of rotatable bonds is 5. The number of morpholine rings is 1. The van der Waals surface area contributed by atoms with Gasteiger partial charge in [0.05, 0.1) is 13.2 Å². The minimum atomic E-state index is 0.780. The van der Waals surface area contributed by atoms with E-state index in [0.717, 1.165) is 45.1 Å². The lowest BCUT2D eigenvalue weighted by Crippen LogP contribution is -2.36. The van der Waals surface area contributed by atoms with Gasteiger partial charge in [0.2, 0.25) is 0 Å². The Bertz CT molecular complexity index is 617. The largest absolute Gasteiger partial charge is 0.378 e. The first-order valence-electron chi connectivity index (χ1n) is 7.98. The molecule has 1 saturated heterocycles. The highest BCUT2D eigenvalue weighted by Gasteiger charge is 2.15. The van der Waals surface area contributed by atoms with Crippen molar-refractivity contribution in [1.29, 1.82) is 0 Å². The standard InChI is InChI=1S/C17H24N4O/c1-3-15-13(2)17(20-19-15)18-12-14-6-4-5-7-16(14)21-8-10-22-11-9-21/h4-7H,3,8-12H2,1-2H3,(H2,18,19,20). The SMILES string of the molecule is CCc1[nH]nc(NCc2ccccc2N2CCOCC2)c1C. The molecule has 3 rings (SSSR count). The van der Waals surface area contributed by atoms with Crippen LogP contribution in [0.2, 0.25) is 0 Å². The third-order valence-corrected chi connectivity index (χ3v) is 4.25. The zero-order chi connectivity index (χ0) is 15.4. The summed E-state index contributed by atoms with van der Waals surface area (Å²) in [6.07, 6.45) is 0.977. The molecular weight excluding hydrogens is 276 g/mol. The van der Waals surface area contributed by atoms with Crippen molar-refractivity contribution in [1.82, 2.24) is 10.2 Å². The average Bonchev–Trinajstić information content (AvgIpc) is 2.94. The molecule has 0 atom stereocenters. The molecule has 0 spiro atoms.